The van der Waals surface area contributed by atoms with E-state index in [0.29, 0.717) is 13.0 Å². The summed E-state index contributed by atoms with van der Waals surface area (Å²) in [6, 6.07) is 8.01. The molecule has 0 atom stereocenters. The van der Waals surface area contributed by atoms with E-state index in [4.69, 9.17) is 4.74 Å². The van der Waals surface area contributed by atoms with E-state index in [1.165, 1.54) is 5.56 Å². The van der Waals surface area contributed by atoms with E-state index in [1.807, 2.05) is 12.1 Å². The highest BCUT2D eigenvalue weighted by molar-refractivity contribution is 5.30. The zero-order valence-corrected chi connectivity index (χ0v) is 9.72. The largest absolute Gasteiger partial charge is 0.494 e. The molecular weight excluding hydrogens is 191 g/mol. The van der Waals surface area contributed by atoms with E-state index in [9.17, 15) is 4.39 Å². The van der Waals surface area contributed by atoms with Crippen LogP contribution in [-0.2, 0) is 5.41 Å². The molecule has 0 bridgehead atoms. The van der Waals surface area contributed by atoms with Crippen molar-refractivity contribution in [1.29, 1.82) is 0 Å². The van der Waals surface area contributed by atoms with Gasteiger partial charge in [-0.2, -0.15) is 0 Å². The predicted molar refractivity (Wildman–Crippen MR) is 61.2 cm³/mol. The van der Waals surface area contributed by atoms with Gasteiger partial charge >= 0.3 is 0 Å². The molecule has 0 aliphatic heterocycles. The molecule has 1 aromatic carbocycles. The van der Waals surface area contributed by atoms with Gasteiger partial charge in [-0.05, 0) is 23.1 Å². The third kappa shape index (κ3) is 3.90. The molecule has 1 rings (SSSR count). The van der Waals surface area contributed by atoms with Crippen molar-refractivity contribution in [2.24, 2.45) is 0 Å². The van der Waals surface area contributed by atoms with Crippen molar-refractivity contribution in [3.05, 3.63) is 29.8 Å². The van der Waals surface area contributed by atoms with Crippen LogP contribution < -0.4 is 4.74 Å². The number of halogens is 1. The summed E-state index contributed by atoms with van der Waals surface area (Å²) in [5.74, 6) is 0.816. The molecule has 1 nitrogen and oxygen atoms in total. The topological polar surface area (TPSA) is 9.23 Å². The zero-order chi connectivity index (χ0) is 11.3. The van der Waals surface area contributed by atoms with E-state index in [-0.39, 0.29) is 12.1 Å². The van der Waals surface area contributed by atoms with Gasteiger partial charge in [-0.15, -0.1) is 0 Å². The summed E-state index contributed by atoms with van der Waals surface area (Å²) in [4.78, 5) is 0. The second kappa shape index (κ2) is 5.15. The van der Waals surface area contributed by atoms with Gasteiger partial charge in [0.2, 0.25) is 0 Å². The minimum absolute atomic E-state index is 0.164. The van der Waals surface area contributed by atoms with E-state index in [2.05, 4.69) is 32.9 Å². The fraction of sp³-hybridized carbons (Fsp3) is 0.538. The summed E-state index contributed by atoms with van der Waals surface area (Å²) in [6.07, 6.45) is 0.459. The van der Waals surface area contributed by atoms with Crippen LogP contribution >= 0.6 is 0 Å². The molecule has 0 fully saturated rings. The van der Waals surface area contributed by atoms with Crippen molar-refractivity contribution in [3.8, 4) is 5.75 Å². The first-order chi connectivity index (χ1) is 7.04. The number of benzene rings is 1. The molecule has 0 aliphatic carbocycles. The standard InChI is InChI=1S/C13H19FO/c1-13(2,3)11-5-7-12(8-6-11)15-10-4-9-14/h5-8H,4,9-10H2,1-3H3. The highest BCUT2D eigenvalue weighted by Gasteiger charge is 2.12. The fourth-order valence-electron chi connectivity index (χ4n) is 1.30. The second-order valence-electron chi connectivity index (χ2n) is 4.67. The molecule has 0 unspecified atom stereocenters. The number of hydrogen-bond acceptors (Lipinski definition) is 1. The number of ether oxygens (including phenoxy) is 1. The molecule has 0 aliphatic rings. The zero-order valence-electron chi connectivity index (χ0n) is 9.72. The van der Waals surface area contributed by atoms with Crippen molar-refractivity contribution in [2.45, 2.75) is 32.6 Å². The van der Waals surface area contributed by atoms with Crippen molar-refractivity contribution in [1.82, 2.24) is 0 Å². The Hall–Kier alpha value is -1.05. The van der Waals surface area contributed by atoms with Gasteiger partial charge in [0.1, 0.15) is 5.75 Å². The lowest BCUT2D eigenvalue weighted by molar-refractivity contribution is 0.289. The van der Waals surface area contributed by atoms with Crippen LogP contribution in [0, 0.1) is 0 Å². The van der Waals surface area contributed by atoms with E-state index >= 15 is 0 Å². The van der Waals surface area contributed by atoms with Gasteiger partial charge in [0.05, 0.1) is 13.3 Å². The molecule has 0 aromatic heterocycles. The lowest BCUT2D eigenvalue weighted by Crippen LogP contribution is -2.10. The van der Waals surface area contributed by atoms with Gasteiger partial charge in [-0.1, -0.05) is 32.9 Å². The molecule has 0 amide bonds. The maximum atomic E-state index is 11.8. The Labute approximate surface area is 91.3 Å². The van der Waals surface area contributed by atoms with Gasteiger partial charge in [0.15, 0.2) is 0 Å². The highest BCUT2D eigenvalue weighted by atomic mass is 19.1. The van der Waals surface area contributed by atoms with Crippen molar-refractivity contribution in [2.75, 3.05) is 13.3 Å². The smallest absolute Gasteiger partial charge is 0.119 e. The molecule has 0 saturated carbocycles. The Bertz CT molecular complexity index is 284. The average molecular weight is 210 g/mol. The van der Waals surface area contributed by atoms with Crippen LogP contribution in [0.4, 0.5) is 4.39 Å². The van der Waals surface area contributed by atoms with Gasteiger partial charge in [0, 0.05) is 6.42 Å². The number of alkyl halides is 1. The maximum absolute atomic E-state index is 11.8. The third-order valence-electron chi connectivity index (χ3n) is 2.27. The Balaban J connectivity index is 2.57. The van der Waals surface area contributed by atoms with Gasteiger partial charge < -0.3 is 4.74 Å². The molecule has 0 N–H and O–H groups in total. The van der Waals surface area contributed by atoms with Gasteiger partial charge in [-0.25, -0.2) is 0 Å². The summed E-state index contributed by atoms with van der Waals surface area (Å²) in [7, 11) is 0. The molecule has 2 heteroatoms. The first kappa shape index (κ1) is 12.0. The lowest BCUT2D eigenvalue weighted by Gasteiger charge is -2.19. The summed E-state index contributed by atoms with van der Waals surface area (Å²) < 4.78 is 17.2. The van der Waals surface area contributed by atoms with Crippen LogP contribution in [0.2, 0.25) is 0 Å². The summed E-state index contributed by atoms with van der Waals surface area (Å²) in [6.45, 7) is 6.65. The molecule has 84 valence electrons. The molecular formula is C13H19FO. The average Bonchev–Trinajstić information content (AvgIpc) is 2.18. The number of hydrogen-bond donors (Lipinski definition) is 0. The monoisotopic (exact) mass is 210 g/mol. The Kier molecular flexibility index (Phi) is 4.13. The normalized spacial score (nSPS) is 11.5. The van der Waals surface area contributed by atoms with Crippen molar-refractivity contribution >= 4 is 0 Å². The molecule has 0 saturated heterocycles. The summed E-state index contributed by atoms with van der Waals surface area (Å²) in [5, 5.41) is 0. The van der Waals surface area contributed by atoms with E-state index < -0.39 is 0 Å². The Morgan fingerprint density at radius 3 is 2.20 bits per heavy atom. The minimum atomic E-state index is -0.319. The van der Waals surface area contributed by atoms with Gasteiger partial charge in [-0.3, -0.25) is 4.39 Å². The van der Waals surface area contributed by atoms with Gasteiger partial charge in [0.25, 0.3) is 0 Å². The predicted octanol–water partition coefficient (Wildman–Crippen LogP) is 3.72. The maximum Gasteiger partial charge on any atom is 0.119 e. The van der Waals surface area contributed by atoms with Crippen LogP contribution in [0.1, 0.15) is 32.8 Å². The van der Waals surface area contributed by atoms with Crippen LogP contribution in [0.15, 0.2) is 24.3 Å². The molecule has 0 spiro atoms. The molecule has 1 aromatic rings. The lowest BCUT2D eigenvalue weighted by atomic mass is 9.87. The minimum Gasteiger partial charge on any atom is -0.494 e. The molecule has 0 radical (unpaired) electrons. The van der Waals surface area contributed by atoms with Crippen LogP contribution in [0.5, 0.6) is 5.75 Å². The SMILES string of the molecule is CC(C)(C)c1ccc(OCCCF)cc1. The summed E-state index contributed by atoms with van der Waals surface area (Å²) in [5.41, 5.74) is 1.44. The second-order valence-corrected chi connectivity index (χ2v) is 4.67. The molecule has 15 heavy (non-hydrogen) atoms. The Morgan fingerprint density at radius 2 is 1.73 bits per heavy atom. The van der Waals surface area contributed by atoms with Crippen molar-refractivity contribution in [3.63, 3.8) is 0 Å². The van der Waals surface area contributed by atoms with Crippen LogP contribution in [-0.4, -0.2) is 13.3 Å². The number of rotatable bonds is 4. The van der Waals surface area contributed by atoms with E-state index in [1.54, 1.807) is 0 Å². The highest BCUT2D eigenvalue weighted by Crippen LogP contribution is 2.24. The Morgan fingerprint density at radius 1 is 1.13 bits per heavy atom. The third-order valence-corrected chi connectivity index (χ3v) is 2.27. The van der Waals surface area contributed by atoms with Crippen LogP contribution in [0.3, 0.4) is 0 Å². The quantitative estimate of drug-likeness (QED) is 0.688. The summed E-state index contributed by atoms with van der Waals surface area (Å²) >= 11 is 0. The van der Waals surface area contributed by atoms with Crippen molar-refractivity contribution < 1.29 is 9.13 Å². The first-order valence-electron chi connectivity index (χ1n) is 5.33. The van der Waals surface area contributed by atoms with E-state index in [0.717, 1.165) is 5.75 Å². The van der Waals surface area contributed by atoms with Crippen LogP contribution in [0.25, 0.3) is 0 Å². The fourth-order valence-corrected chi connectivity index (χ4v) is 1.30. The molecule has 0 heterocycles. The first-order valence-corrected chi connectivity index (χ1v) is 5.33.